The van der Waals surface area contributed by atoms with Gasteiger partial charge in [0.25, 0.3) is 0 Å². The molecule has 0 atom stereocenters. The van der Waals surface area contributed by atoms with Gasteiger partial charge in [0.1, 0.15) is 5.69 Å². The van der Waals surface area contributed by atoms with Gasteiger partial charge >= 0.3 is 0 Å². The summed E-state index contributed by atoms with van der Waals surface area (Å²) in [6.45, 7) is 8.13. The van der Waals surface area contributed by atoms with Gasteiger partial charge in [-0.1, -0.05) is 13.8 Å². The fourth-order valence-electron chi connectivity index (χ4n) is 1.66. The fourth-order valence-corrected chi connectivity index (χ4v) is 1.66. The second-order valence-corrected chi connectivity index (χ2v) is 3.76. The van der Waals surface area contributed by atoms with E-state index in [1.165, 1.54) is 0 Å². The van der Waals surface area contributed by atoms with Crippen molar-refractivity contribution < 1.29 is 4.79 Å². The molecule has 3 heteroatoms. The van der Waals surface area contributed by atoms with Crippen LogP contribution >= 0.6 is 0 Å². The molecule has 0 aromatic carbocycles. The lowest BCUT2D eigenvalue weighted by Crippen LogP contribution is -2.23. The average molecular weight is 220 g/mol. The largest absolute Gasteiger partial charge is 0.371 e. The van der Waals surface area contributed by atoms with E-state index in [4.69, 9.17) is 0 Å². The molecule has 0 spiro atoms. The number of Topliss-reactive ketones (excluding diaryl/α,β-unsaturated/α-hetero) is 1. The van der Waals surface area contributed by atoms with Crippen LogP contribution in [-0.2, 0) is 0 Å². The van der Waals surface area contributed by atoms with Gasteiger partial charge in [-0.15, -0.1) is 0 Å². The molecule has 88 valence electrons. The highest BCUT2D eigenvalue weighted by Gasteiger charge is 2.07. The number of carbonyl (C=O) groups is 1. The third-order valence-corrected chi connectivity index (χ3v) is 2.60. The first-order valence-corrected chi connectivity index (χ1v) is 5.97. The normalized spacial score (nSPS) is 10.2. The minimum atomic E-state index is 0.102. The van der Waals surface area contributed by atoms with E-state index in [0.29, 0.717) is 12.1 Å². The Bertz CT molecular complexity index is 332. The van der Waals surface area contributed by atoms with Crippen molar-refractivity contribution >= 4 is 11.5 Å². The van der Waals surface area contributed by atoms with Crippen molar-refractivity contribution in [1.29, 1.82) is 0 Å². The Morgan fingerprint density at radius 3 is 2.50 bits per heavy atom. The van der Waals surface area contributed by atoms with Gasteiger partial charge in [-0.25, -0.2) is 0 Å². The Morgan fingerprint density at radius 2 is 2.06 bits per heavy atom. The topological polar surface area (TPSA) is 33.2 Å². The molecule has 0 bridgehead atoms. The molecule has 0 unspecified atom stereocenters. The van der Waals surface area contributed by atoms with Gasteiger partial charge in [0.15, 0.2) is 5.78 Å². The van der Waals surface area contributed by atoms with E-state index in [0.717, 1.165) is 25.2 Å². The highest BCUT2D eigenvalue weighted by atomic mass is 16.1. The van der Waals surface area contributed by atoms with E-state index in [1.54, 1.807) is 6.20 Å². The molecule has 1 aromatic rings. The molecule has 1 heterocycles. The smallest absolute Gasteiger partial charge is 0.180 e. The molecule has 3 nitrogen and oxygen atoms in total. The molecule has 1 rings (SSSR count). The molecule has 0 aliphatic carbocycles. The van der Waals surface area contributed by atoms with Crippen molar-refractivity contribution in [3.8, 4) is 0 Å². The van der Waals surface area contributed by atoms with Crippen molar-refractivity contribution in [2.75, 3.05) is 18.0 Å². The molecule has 1 aromatic heterocycles. The summed E-state index contributed by atoms with van der Waals surface area (Å²) in [5.41, 5.74) is 1.66. The number of pyridine rings is 1. The van der Waals surface area contributed by atoms with Gasteiger partial charge in [-0.05, 0) is 25.5 Å². The third-order valence-electron chi connectivity index (χ3n) is 2.60. The number of ketones is 1. The summed E-state index contributed by atoms with van der Waals surface area (Å²) in [6.07, 6.45) is 3.42. The van der Waals surface area contributed by atoms with Crippen molar-refractivity contribution in [2.24, 2.45) is 0 Å². The van der Waals surface area contributed by atoms with E-state index >= 15 is 0 Å². The molecule has 0 saturated carbocycles. The number of nitrogens with zero attached hydrogens (tertiary/aromatic N) is 2. The van der Waals surface area contributed by atoms with Gasteiger partial charge in [0.2, 0.25) is 0 Å². The summed E-state index contributed by atoms with van der Waals surface area (Å²) >= 11 is 0. The maximum atomic E-state index is 11.4. The Balaban J connectivity index is 2.80. The molecule has 0 aliphatic rings. The lowest BCUT2D eigenvalue weighted by atomic mass is 10.2. The van der Waals surface area contributed by atoms with E-state index in [9.17, 15) is 4.79 Å². The highest BCUT2D eigenvalue weighted by Crippen LogP contribution is 2.13. The molecule has 0 fully saturated rings. The zero-order chi connectivity index (χ0) is 12.0. The van der Waals surface area contributed by atoms with Crippen LogP contribution in [-0.4, -0.2) is 23.9 Å². The van der Waals surface area contributed by atoms with Crippen LogP contribution in [0.1, 0.15) is 44.1 Å². The van der Waals surface area contributed by atoms with E-state index in [-0.39, 0.29) is 5.78 Å². The fraction of sp³-hybridized carbons (Fsp3) is 0.538. The third kappa shape index (κ3) is 3.05. The van der Waals surface area contributed by atoms with Crippen molar-refractivity contribution in [3.63, 3.8) is 0 Å². The van der Waals surface area contributed by atoms with E-state index in [1.807, 2.05) is 19.1 Å². The maximum Gasteiger partial charge on any atom is 0.180 e. The van der Waals surface area contributed by atoms with Gasteiger partial charge in [0, 0.05) is 19.5 Å². The molecule has 0 saturated heterocycles. The van der Waals surface area contributed by atoms with Crippen LogP contribution in [0.3, 0.4) is 0 Å². The number of aromatic nitrogens is 1. The number of rotatable bonds is 6. The Kier molecular flexibility index (Phi) is 4.96. The second kappa shape index (κ2) is 6.26. The Labute approximate surface area is 97.5 Å². The molecule has 0 amide bonds. The average Bonchev–Trinajstić information content (AvgIpc) is 2.35. The monoisotopic (exact) mass is 220 g/mol. The van der Waals surface area contributed by atoms with E-state index < -0.39 is 0 Å². The molecule has 0 aliphatic heterocycles. The molecule has 16 heavy (non-hydrogen) atoms. The minimum Gasteiger partial charge on any atom is -0.371 e. The van der Waals surface area contributed by atoms with Crippen LogP contribution in [0, 0.1) is 0 Å². The summed E-state index contributed by atoms with van der Waals surface area (Å²) in [5.74, 6) is 0.102. The van der Waals surface area contributed by atoms with Gasteiger partial charge in [-0.3, -0.25) is 9.78 Å². The van der Waals surface area contributed by atoms with Crippen LogP contribution in [0.2, 0.25) is 0 Å². The minimum absolute atomic E-state index is 0.102. The SMILES string of the molecule is CCCN(CC)c1ccc(C(=O)CC)nc1. The van der Waals surface area contributed by atoms with Crippen molar-refractivity contribution in [3.05, 3.63) is 24.0 Å². The lowest BCUT2D eigenvalue weighted by molar-refractivity contribution is 0.0983. The molecule has 0 radical (unpaired) electrons. The lowest BCUT2D eigenvalue weighted by Gasteiger charge is -2.21. The first-order valence-electron chi connectivity index (χ1n) is 5.97. The second-order valence-electron chi connectivity index (χ2n) is 3.76. The number of anilines is 1. The van der Waals surface area contributed by atoms with Gasteiger partial charge in [0.05, 0.1) is 11.9 Å². The maximum absolute atomic E-state index is 11.4. The summed E-state index contributed by atoms with van der Waals surface area (Å²) in [4.78, 5) is 17.9. The van der Waals surface area contributed by atoms with Gasteiger partial charge < -0.3 is 4.90 Å². The van der Waals surface area contributed by atoms with Crippen molar-refractivity contribution in [1.82, 2.24) is 4.98 Å². The van der Waals surface area contributed by atoms with Crippen molar-refractivity contribution in [2.45, 2.75) is 33.6 Å². The predicted octanol–water partition coefficient (Wildman–Crippen LogP) is 2.91. The van der Waals surface area contributed by atoms with Crippen LogP contribution in [0.5, 0.6) is 0 Å². The Morgan fingerprint density at radius 1 is 1.31 bits per heavy atom. The standard InChI is InChI=1S/C13H20N2O/c1-4-9-15(6-3)11-7-8-12(14-10-11)13(16)5-2/h7-8,10H,4-6,9H2,1-3H3. The van der Waals surface area contributed by atoms with E-state index in [2.05, 4.69) is 23.7 Å². The zero-order valence-corrected chi connectivity index (χ0v) is 10.4. The quantitative estimate of drug-likeness (QED) is 0.691. The van der Waals surface area contributed by atoms with Crippen LogP contribution in [0.15, 0.2) is 18.3 Å². The van der Waals surface area contributed by atoms with Crippen LogP contribution in [0.25, 0.3) is 0 Å². The summed E-state index contributed by atoms with van der Waals surface area (Å²) in [7, 11) is 0. The van der Waals surface area contributed by atoms with Crippen LogP contribution < -0.4 is 4.90 Å². The number of hydrogen-bond acceptors (Lipinski definition) is 3. The highest BCUT2D eigenvalue weighted by molar-refractivity contribution is 5.94. The summed E-state index contributed by atoms with van der Waals surface area (Å²) in [5, 5.41) is 0. The first-order chi connectivity index (χ1) is 7.72. The van der Waals surface area contributed by atoms with Gasteiger partial charge in [-0.2, -0.15) is 0 Å². The van der Waals surface area contributed by atoms with Crippen LogP contribution in [0.4, 0.5) is 5.69 Å². The molecule has 0 N–H and O–H groups in total. The summed E-state index contributed by atoms with van der Waals surface area (Å²) < 4.78 is 0. The Hall–Kier alpha value is -1.38. The predicted molar refractivity (Wildman–Crippen MR) is 67.0 cm³/mol. The number of carbonyl (C=O) groups excluding carboxylic acids is 1. The summed E-state index contributed by atoms with van der Waals surface area (Å²) in [6, 6.07) is 3.80. The zero-order valence-electron chi connectivity index (χ0n) is 10.4. The number of hydrogen-bond donors (Lipinski definition) is 0. The molecular formula is C13H20N2O. The first kappa shape index (κ1) is 12.7. The molecular weight excluding hydrogens is 200 g/mol.